The molecule has 8 atom stereocenters. The first-order chi connectivity index (χ1) is 13.7. The van der Waals surface area contributed by atoms with Gasteiger partial charge in [0.2, 0.25) is 0 Å². The van der Waals surface area contributed by atoms with Crippen molar-refractivity contribution in [3.63, 3.8) is 0 Å². The van der Waals surface area contributed by atoms with Gasteiger partial charge in [0, 0.05) is 12.6 Å². The van der Waals surface area contributed by atoms with Crippen molar-refractivity contribution in [2.45, 2.75) is 65.1 Å². The fraction of sp³-hybridized carbons (Fsp3) is 0.826. The molecule has 29 heavy (non-hydrogen) atoms. The van der Waals surface area contributed by atoms with Crippen molar-refractivity contribution in [3.05, 3.63) is 11.6 Å². The predicted octanol–water partition coefficient (Wildman–Crippen LogP) is 2.08. The molecule has 3 fully saturated rings. The van der Waals surface area contributed by atoms with Crippen LogP contribution in [0.2, 0.25) is 0 Å². The minimum Gasteiger partial charge on any atom is -0.461 e. The Morgan fingerprint density at radius 1 is 1.31 bits per heavy atom. The average Bonchev–Trinajstić information content (AvgIpc) is 2.69. The number of carbonyl (C=O) groups is 2. The van der Waals surface area contributed by atoms with Crippen molar-refractivity contribution in [1.29, 1.82) is 0 Å². The minimum absolute atomic E-state index is 0.0308. The molecule has 3 rings (SSSR count). The summed E-state index contributed by atoms with van der Waals surface area (Å²) >= 11 is 0. The first-order valence-electron chi connectivity index (χ1n) is 11.0. The topological polar surface area (TPSA) is 95.9 Å². The van der Waals surface area contributed by atoms with Crippen molar-refractivity contribution in [1.82, 2.24) is 5.32 Å². The highest BCUT2D eigenvalue weighted by Gasteiger charge is 2.62. The maximum absolute atomic E-state index is 12.2. The van der Waals surface area contributed by atoms with Crippen molar-refractivity contribution >= 4 is 12.3 Å². The van der Waals surface area contributed by atoms with E-state index in [1.165, 1.54) is 0 Å². The summed E-state index contributed by atoms with van der Waals surface area (Å²) in [4.78, 5) is 24.2. The summed E-state index contributed by atoms with van der Waals surface area (Å²) in [5.41, 5.74) is 0.150. The van der Waals surface area contributed by atoms with Gasteiger partial charge in [-0.25, -0.2) is 4.79 Å². The number of rotatable bonds is 5. The molecule has 0 aromatic rings. The van der Waals surface area contributed by atoms with Crippen LogP contribution in [0, 0.1) is 34.5 Å². The Balaban J connectivity index is 1.83. The van der Waals surface area contributed by atoms with Crippen LogP contribution >= 0.6 is 0 Å². The van der Waals surface area contributed by atoms with Crippen LogP contribution in [0.15, 0.2) is 11.6 Å². The van der Waals surface area contributed by atoms with E-state index in [2.05, 4.69) is 19.2 Å². The Morgan fingerprint density at radius 3 is 2.69 bits per heavy atom. The van der Waals surface area contributed by atoms with Crippen LogP contribution < -0.4 is 5.32 Å². The van der Waals surface area contributed by atoms with Crippen molar-refractivity contribution in [3.8, 4) is 0 Å². The Labute approximate surface area is 174 Å². The molecule has 0 aromatic carbocycles. The SMILES string of the molecule is CNCCOC(=O)/C=C1\CCC2C(C(O)CC3C(C)(C=O)C(O)CCC23C)C1C. The quantitative estimate of drug-likeness (QED) is 0.280. The summed E-state index contributed by atoms with van der Waals surface area (Å²) in [6.45, 7) is 7.18. The molecular weight excluding hydrogens is 370 g/mol. The molecule has 3 saturated carbocycles. The van der Waals surface area contributed by atoms with Gasteiger partial charge in [0.15, 0.2) is 0 Å². The zero-order valence-corrected chi connectivity index (χ0v) is 18.2. The highest BCUT2D eigenvalue weighted by atomic mass is 16.5. The van der Waals surface area contributed by atoms with E-state index in [9.17, 15) is 19.8 Å². The van der Waals surface area contributed by atoms with E-state index < -0.39 is 17.6 Å². The first kappa shape index (κ1) is 22.4. The monoisotopic (exact) mass is 407 g/mol. The summed E-state index contributed by atoms with van der Waals surface area (Å²) in [5.74, 6) is 0.0803. The zero-order chi connectivity index (χ0) is 21.4. The first-order valence-corrected chi connectivity index (χ1v) is 11.0. The Morgan fingerprint density at radius 2 is 2.03 bits per heavy atom. The van der Waals surface area contributed by atoms with Crippen LogP contribution in [0.25, 0.3) is 0 Å². The number of nitrogens with one attached hydrogen (secondary N) is 1. The van der Waals surface area contributed by atoms with Crippen molar-refractivity contribution < 1.29 is 24.5 Å². The van der Waals surface area contributed by atoms with Gasteiger partial charge in [-0.3, -0.25) is 0 Å². The van der Waals surface area contributed by atoms with Crippen LogP contribution in [0.4, 0.5) is 0 Å². The third-order valence-corrected chi connectivity index (χ3v) is 8.51. The van der Waals surface area contributed by atoms with E-state index in [4.69, 9.17) is 4.74 Å². The lowest BCUT2D eigenvalue weighted by atomic mass is 9.42. The van der Waals surface area contributed by atoms with Gasteiger partial charge in [0.05, 0.1) is 17.6 Å². The van der Waals surface area contributed by atoms with E-state index >= 15 is 0 Å². The van der Waals surface area contributed by atoms with E-state index in [-0.39, 0.29) is 35.1 Å². The molecule has 0 aromatic heterocycles. The predicted molar refractivity (Wildman–Crippen MR) is 110 cm³/mol. The van der Waals surface area contributed by atoms with Crippen LogP contribution in [0.5, 0.6) is 0 Å². The van der Waals surface area contributed by atoms with Gasteiger partial charge in [-0.2, -0.15) is 0 Å². The van der Waals surface area contributed by atoms with Gasteiger partial charge in [-0.1, -0.05) is 26.3 Å². The van der Waals surface area contributed by atoms with Gasteiger partial charge in [0.1, 0.15) is 12.9 Å². The summed E-state index contributed by atoms with van der Waals surface area (Å²) in [6, 6.07) is 0. The second kappa shape index (κ2) is 8.48. The van der Waals surface area contributed by atoms with Crippen LogP contribution in [0.3, 0.4) is 0 Å². The highest BCUT2D eigenvalue weighted by Crippen LogP contribution is 2.64. The molecule has 0 heterocycles. The number of hydrogen-bond donors (Lipinski definition) is 3. The summed E-state index contributed by atoms with van der Waals surface area (Å²) in [6.07, 6.45) is 5.06. The van der Waals surface area contributed by atoms with Crippen LogP contribution in [0.1, 0.15) is 52.9 Å². The molecule has 0 aliphatic heterocycles. The van der Waals surface area contributed by atoms with Crippen LogP contribution in [-0.2, 0) is 14.3 Å². The minimum atomic E-state index is -0.810. The van der Waals surface area contributed by atoms with Crippen molar-refractivity contribution in [2.75, 3.05) is 20.2 Å². The number of allylic oxidation sites excluding steroid dienone is 1. The second-order valence-electron chi connectivity index (χ2n) is 9.90. The Kier molecular flexibility index (Phi) is 6.56. The standard InChI is InChI=1S/C23H37NO5/c1-14-15(11-20(28)29-10-9-24-4)5-6-16-21(14)17(26)12-18-22(16,2)8-7-19(27)23(18,3)13-25/h11,13-14,16-19,21,24,26-27H,5-10,12H2,1-4H3/b15-11+. The molecule has 3 aliphatic rings. The normalized spacial score (nSPS) is 45.9. The summed E-state index contributed by atoms with van der Waals surface area (Å²) < 4.78 is 5.25. The summed E-state index contributed by atoms with van der Waals surface area (Å²) in [7, 11) is 1.81. The summed E-state index contributed by atoms with van der Waals surface area (Å²) in [5, 5.41) is 24.6. The molecule has 0 saturated heterocycles. The van der Waals surface area contributed by atoms with Gasteiger partial charge in [-0.15, -0.1) is 0 Å². The lowest BCUT2D eigenvalue weighted by Gasteiger charge is -2.63. The fourth-order valence-corrected chi connectivity index (χ4v) is 6.76. The smallest absolute Gasteiger partial charge is 0.330 e. The number of carbonyl (C=O) groups excluding carboxylic acids is 2. The van der Waals surface area contributed by atoms with Gasteiger partial charge >= 0.3 is 5.97 Å². The molecule has 164 valence electrons. The van der Waals surface area contributed by atoms with Gasteiger partial charge < -0.3 is 25.1 Å². The Bertz CT molecular complexity index is 664. The fourth-order valence-electron chi connectivity index (χ4n) is 6.76. The van der Waals surface area contributed by atoms with E-state index in [0.717, 1.165) is 31.1 Å². The zero-order valence-electron chi connectivity index (χ0n) is 18.2. The molecule has 3 aliphatic carbocycles. The molecule has 6 nitrogen and oxygen atoms in total. The van der Waals surface area contributed by atoms with Crippen LogP contribution in [-0.4, -0.2) is 54.9 Å². The molecule has 6 heteroatoms. The van der Waals surface area contributed by atoms with Gasteiger partial charge in [-0.05, 0) is 68.2 Å². The largest absolute Gasteiger partial charge is 0.461 e. The third kappa shape index (κ3) is 3.79. The number of fused-ring (bicyclic) bond motifs is 3. The molecule has 8 unspecified atom stereocenters. The average molecular weight is 408 g/mol. The number of aldehydes is 1. The molecule has 0 spiro atoms. The highest BCUT2D eigenvalue weighted by molar-refractivity contribution is 5.83. The van der Waals surface area contributed by atoms with E-state index in [1.54, 1.807) is 6.08 Å². The molecule has 0 radical (unpaired) electrons. The molecule has 3 N–H and O–H groups in total. The lowest BCUT2D eigenvalue weighted by Crippen LogP contribution is -2.62. The number of hydrogen-bond acceptors (Lipinski definition) is 6. The number of aliphatic hydroxyl groups is 2. The maximum Gasteiger partial charge on any atom is 0.330 e. The van der Waals surface area contributed by atoms with E-state index in [0.29, 0.717) is 26.0 Å². The number of esters is 1. The molecule has 0 bridgehead atoms. The van der Waals surface area contributed by atoms with E-state index in [1.807, 2.05) is 14.0 Å². The maximum atomic E-state index is 12.2. The Hall–Kier alpha value is -1.24. The second-order valence-corrected chi connectivity index (χ2v) is 9.90. The lowest BCUT2D eigenvalue weighted by molar-refractivity contribution is -0.192. The third-order valence-electron chi connectivity index (χ3n) is 8.51. The van der Waals surface area contributed by atoms with Crippen molar-refractivity contribution in [2.24, 2.45) is 34.5 Å². The molecule has 0 amide bonds. The number of likely N-dealkylation sites (N-methyl/N-ethyl adjacent to an activating group) is 1. The number of aliphatic hydroxyl groups excluding tert-OH is 2. The molecular formula is C23H37NO5. The number of ether oxygens (including phenoxy) is 1. The van der Waals surface area contributed by atoms with Gasteiger partial charge in [0.25, 0.3) is 0 Å².